The zero-order chi connectivity index (χ0) is 13.1. The maximum atomic E-state index is 12.8. The number of carbonyl (C=O) groups is 1. The van der Waals surface area contributed by atoms with Crippen molar-refractivity contribution in [2.75, 3.05) is 0 Å². The number of hydrogen-bond acceptors (Lipinski definition) is 3. The van der Waals surface area contributed by atoms with Gasteiger partial charge in [0.15, 0.2) is 0 Å². The summed E-state index contributed by atoms with van der Waals surface area (Å²) in [5.74, 6) is -0.601. The zero-order valence-electron chi connectivity index (χ0n) is 9.64. The van der Waals surface area contributed by atoms with E-state index < -0.39 is 5.63 Å². The first kappa shape index (κ1) is 12.1. The predicted octanol–water partition coefficient (Wildman–Crippen LogP) is 1.34. The fraction of sp³-hybridized carbons (Fsp3) is 0.167. The summed E-state index contributed by atoms with van der Waals surface area (Å²) in [6.07, 6.45) is 1.46. The molecule has 2 aromatic rings. The smallest absolute Gasteiger partial charge is 0.336 e. The molecule has 0 radical (unpaired) electrons. The van der Waals surface area contributed by atoms with Crippen LogP contribution < -0.4 is 10.9 Å². The Morgan fingerprint density at radius 3 is 2.67 bits per heavy atom. The molecule has 0 saturated heterocycles. The molecule has 1 heterocycles. The minimum atomic E-state index is -0.535. The molecule has 2 rings (SSSR count). The lowest BCUT2D eigenvalue weighted by Crippen LogP contribution is -2.22. The number of benzene rings is 1. The van der Waals surface area contributed by atoms with Crippen molar-refractivity contribution in [3.63, 3.8) is 0 Å². The van der Waals surface area contributed by atoms with Gasteiger partial charge in [0.1, 0.15) is 12.5 Å². The van der Waals surface area contributed by atoms with Crippen molar-refractivity contribution < 1.29 is 13.7 Å². The highest BCUT2D eigenvalue weighted by Crippen LogP contribution is 2.15. The van der Waals surface area contributed by atoms with Gasteiger partial charge in [0.05, 0.1) is 11.8 Å². The molecule has 1 amide bonds. The Labute approximate surface area is 102 Å². The van der Waals surface area contributed by atoms with E-state index in [2.05, 4.69) is 5.32 Å². The second-order valence-corrected chi connectivity index (χ2v) is 3.74. The van der Waals surface area contributed by atoms with E-state index in [9.17, 15) is 14.0 Å². The normalized spacial score (nSPS) is 10.3. The summed E-state index contributed by atoms with van der Waals surface area (Å²) in [6, 6.07) is 5.51. The fourth-order valence-corrected chi connectivity index (χ4v) is 1.47. The molecular weight excluding hydrogens is 239 g/mol. The van der Waals surface area contributed by atoms with E-state index in [1.165, 1.54) is 42.1 Å². The van der Waals surface area contributed by atoms with E-state index in [0.29, 0.717) is 11.1 Å². The van der Waals surface area contributed by atoms with Gasteiger partial charge in [0.25, 0.3) is 0 Å². The van der Waals surface area contributed by atoms with Crippen LogP contribution in [0.5, 0.6) is 0 Å². The Hall–Kier alpha value is -2.37. The summed E-state index contributed by atoms with van der Waals surface area (Å²) in [5, 5.41) is 2.49. The fourth-order valence-electron chi connectivity index (χ4n) is 1.47. The van der Waals surface area contributed by atoms with E-state index in [4.69, 9.17) is 4.52 Å². The van der Waals surface area contributed by atoms with E-state index in [1.807, 2.05) is 0 Å². The second-order valence-electron chi connectivity index (χ2n) is 3.74. The van der Waals surface area contributed by atoms with Gasteiger partial charge in [-0.05, 0) is 17.7 Å². The van der Waals surface area contributed by atoms with Gasteiger partial charge in [-0.2, -0.15) is 4.74 Å². The van der Waals surface area contributed by atoms with Gasteiger partial charge >= 0.3 is 5.63 Å². The summed E-state index contributed by atoms with van der Waals surface area (Å²) in [4.78, 5) is 22.3. The molecule has 0 fully saturated rings. The van der Waals surface area contributed by atoms with Crippen molar-refractivity contribution in [1.82, 2.24) is 10.1 Å². The molecule has 0 saturated carbocycles. The second kappa shape index (κ2) is 4.87. The minimum absolute atomic E-state index is 0.0752. The van der Waals surface area contributed by atoms with Crippen molar-refractivity contribution in [2.45, 2.75) is 13.6 Å². The Morgan fingerprint density at radius 2 is 2.06 bits per heavy atom. The minimum Gasteiger partial charge on any atom is -0.336 e. The van der Waals surface area contributed by atoms with Gasteiger partial charge in [-0.1, -0.05) is 12.1 Å². The Bertz CT molecular complexity index is 613. The third kappa shape index (κ3) is 2.65. The average Bonchev–Trinajstić information content (AvgIpc) is 2.69. The first-order chi connectivity index (χ1) is 8.56. The average molecular weight is 250 g/mol. The summed E-state index contributed by atoms with van der Waals surface area (Å²) in [5.41, 5.74) is 0.346. The van der Waals surface area contributed by atoms with Gasteiger partial charge in [-0.25, -0.2) is 9.18 Å². The molecule has 0 bridgehead atoms. The maximum Gasteiger partial charge on any atom is 0.365 e. The van der Waals surface area contributed by atoms with E-state index in [1.54, 1.807) is 0 Å². The van der Waals surface area contributed by atoms with Gasteiger partial charge in [0.2, 0.25) is 5.91 Å². The molecule has 1 aromatic carbocycles. The van der Waals surface area contributed by atoms with Crippen molar-refractivity contribution in [3.05, 3.63) is 46.7 Å². The molecule has 18 heavy (non-hydrogen) atoms. The van der Waals surface area contributed by atoms with Gasteiger partial charge in [-0.3, -0.25) is 4.79 Å². The lowest BCUT2D eigenvalue weighted by atomic mass is 10.1. The van der Waals surface area contributed by atoms with Gasteiger partial charge in [0, 0.05) is 6.92 Å². The number of nitrogens with one attached hydrogen (secondary N) is 1. The van der Waals surface area contributed by atoms with Crippen molar-refractivity contribution >= 4 is 5.91 Å². The number of hydrogen-bond donors (Lipinski definition) is 1. The standard InChI is InChI=1S/C12H11FN2O3/c1-8(16)14-7-15-6-11(12(17)18-15)9-2-4-10(13)5-3-9/h2-6H,7H2,1H3,(H,14,16). The van der Waals surface area contributed by atoms with Crippen LogP contribution in [0.4, 0.5) is 4.39 Å². The van der Waals surface area contributed by atoms with E-state index in [-0.39, 0.29) is 18.4 Å². The lowest BCUT2D eigenvalue weighted by molar-refractivity contribution is -0.119. The number of rotatable bonds is 3. The van der Waals surface area contributed by atoms with Gasteiger partial charge in [-0.15, -0.1) is 0 Å². The number of aromatic nitrogens is 1. The first-order valence-corrected chi connectivity index (χ1v) is 5.27. The highest BCUT2D eigenvalue weighted by atomic mass is 19.1. The van der Waals surface area contributed by atoms with Crippen molar-refractivity contribution in [3.8, 4) is 11.1 Å². The molecule has 0 atom stereocenters. The monoisotopic (exact) mass is 250 g/mol. The van der Waals surface area contributed by atoms with Crippen LogP contribution in [0, 0.1) is 5.82 Å². The highest BCUT2D eigenvalue weighted by Gasteiger charge is 2.09. The van der Waals surface area contributed by atoms with Crippen molar-refractivity contribution in [1.29, 1.82) is 0 Å². The molecule has 1 N–H and O–H groups in total. The molecule has 0 aliphatic heterocycles. The van der Waals surface area contributed by atoms with Crippen LogP contribution in [0.3, 0.4) is 0 Å². The molecule has 0 aliphatic rings. The van der Waals surface area contributed by atoms with Crippen LogP contribution in [0.25, 0.3) is 11.1 Å². The SMILES string of the molecule is CC(=O)NCn1cc(-c2ccc(F)cc2)c(=O)o1. The molecule has 0 spiro atoms. The van der Waals surface area contributed by atoms with E-state index in [0.717, 1.165) is 0 Å². The van der Waals surface area contributed by atoms with Crippen LogP contribution in [-0.4, -0.2) is 10.6 Å². The number of carbonyl (C=O) groups excluding carboxylic acids is 1. The maximum absolute atomic E-state index is 12.8. The summed E-state index contributed by atoms with van der Waals surface area (Å²) in [7, 11) is 0. The largest absolute Gasteiger partial charge is 0.365 e. The van der Waals surface area contributed by atoms with Crippen LogP contribution in [0.1, 0.15) is 6.92 Å². The molecule has 5 nitrogen and oxygen atoms in total. The molecule has 0 unspecified atom stereocenters. The lowest BCUT2D eigenvalue weighted by Gasteiger charge is -1.99. The molecular formula is C12H11FN2O3. The summed E-state index contributed by atoms with van der Waals surface area (Å²) < 4.78 is 18.9. The topological polar surface area (TPSA) is 64.2 Å². The van der Waals surface area contributed by atoms with Crippen LogP contribution in [-0.2, 0) is 11.5 Å². The van der Waals surface area contributed by atoms with Crippen LogP contribution >= 0.6 is 0 Å². The first-order valence-electron chi connectivity index (χ1n) is 5.27. The van der Waals surface area contributed by atoms with Crippen LogP contribution in [0.2, 0.25) is 0 Å². The third-order valence-corrected chi connectivity index (χ3v) is 2.33. The number of nitrogens with zero attached hydrogens (tertiary/aromatic N) is 1. The molecule has 0 aliphatic carbocycles. The Balaban J connectivity index is 2.26. The molecule has 94 valence electrons. The molecule has 6 heteroatoms. The summed E-state index contributed by atoms with van der Waals surface area (Å²) >= 11 is 0. The van der Waals surface area contributed by atoms with Crippen LogP contribution in [0.15, 0.2) is 39.8 Å². The number of halogens is 1. The van der Waals surface area contributed by atoms with Crippen molar-refractivity contribution in [2.24, 2.45) is 0 Å². The summed E-state index contributed by atoms with van der Waals surface area (Å²) in [6.45, 7) is 1.44. The zero-order valence-corrected chi connectivity index (χ0v) is 9.64. The quantitative estimate of drug-likeness (QED) is 0.894. The predicted molar refractivity (Wildman–Crippen MR) is 62.2 cm³/mol. The van der Waals surface area contributed by atoms with Gasteiger partial charge < -0.3 is 9.84 Å². The van der Waals surface area contributed by atoms with E-state index >= 15 is 0 Å². The Kier molecular flexibility index (Phi) is 3.27. The molecule has 1 aromatic heterocycles. The number of amides is 1. The highest BCUT2D eigenvalue weighted by molar-refractivity contribution is 5.72. The Morgan fingerprint density at radius 1 is 1.39 bits per heavy atom. The third-order valence-electron chi connectivity index (χ3n) is 2.33.